The molecule has 0 aliphatic rings. The third-order valence-corrected chi connectivity index (χ3v) is 7.23. The second-order valence-corrected chi connectivity index (χ2v) is 10.0. The van der Waals surface area contributed by atoms with Crippen molar-refractivity contribution in [2.24, 2.45) is 0 Å². The van der Waals surface area contributed by atoms with Crippen LogP contribution in [-0.2, 0) is 10.0 Å². The quantitative estimate of drug-likeness (QED) is 0.434. The minimum Gasteiger partial charge on any atom is -0.497 e. The number of sulfonamides is 1. The maximum Gasteiger partial charge on any atom is 0.261 e. The van der Waals surface area contributed by atoms with Gasteiger partial charge in [0.1, 0.15) is 10.8 Å². The molecular weight excluding hydrogens is 416 g/mol. The van der Waals surface area contributed by atoms with Crippen LogP contribution in [0.5, 0.6) is 5.75 Å². The van der Waals surface area contributed by atoms with E-state index in [1.807, 2.05) is 57.2 Å². The number of methoxy groups -OCH3 is 1. The minimum absolute atomic E-state index is 0.267. The number of fused-ring (bicyclic) bond motifs is 1. The lowest BCUT2D eigenvalue weighted by atomic mass is 10.1. The highest BCUT2D eigenvalue weighted by Crippen LogP contribution is 2.34. The molecule has 30 heavy (non-hydrogen) atoms. The summed E-state index contributed by atoms with van der Waals surface area (Å²) in [6, 6.07) is 16.7. The fourth-order valence-corrected chi connectivity index (χ4v) is 5.67. The Morgan fingerprint density at radius 2 is 1.67 bits per heavy atom. The monoisotopic (exact) mass is 438 g/mol. The van der Waals surface area contributed by atoms with Crippen LogP contribution in [-0.4, -0.2) is 20.5 Å². The molecule has 0 aliphatic carbocycles. The van der Waals surface area contributed by atoms with Gasteiger partial charge < -0.3 is 4.74 Å². The number of anilines is 1. The molecule has 4 aromatic rings. The summed E-state index contributed by atoms with van der Waals surface area (Å²) in [4.78, 5) is 4.96. The van der Waals surface area contributed by atoms with E-state index in [2.05, 4.69) is 4.72 Å². The van der Waals surface area contributed by atoms with E-state index in [1.54, 1.807) is 36.6 Å². The molecule has 4 rings (SSSR count). The summed E-state index contributed by atoms with van der Waals surface area (Å²) in [6.07, 6.45) is 0. The van der Waals surface area contributed by atoms with Gasteiger partial charge in [0.25, 0.3) is 10.0 Å². The second-order valence-electron chi connectivity index (χ2n) is 7.31. The number of aryl methyl sites for hydroxylation is 3. The standard InChI is InChI=1S/C23H22N2O3S2/c1-14-9-15(2)11-19(10-14)30(26,27)25-20-7-5-17(12-16(20)3)23-24-21-8-6-18(28-4)13-22(21)29-23/h5-13,25H,1-4H3. The number of aromatic nitrogens is 1. The van der Waals surface area contributed by atoms with Crippen molar-refractivity contribution in [1.82, 2.24) is 4.98 Å². The van der Waals surface area contributed by atoms with Crippen molar-refractivity contribution in [3.63, 3.8) is 0 Å². The van der Waals surface area contributed by atoms with Crippen molar-refractivity contribution in [2.75, 3.05) is 11.8 Å². The molecule has 0 spiro atoms. The summed E-state index contributed by atoms with van der Waals surface area (Å²) >= 11 is 1.58. The summed E-state index contributed by atoms with van der Waals surface area (Å²) in [7, 11) is -2.02. The molecule has 0 fully saturated rings. The molecule has 154 valence electrons. The van der Waals surface area contributed by atoms with Crippen LogP contribution in [0.1, 0.15) is 16.7 Å². The molecule has 0 saturated heterocycles. The van der Waals surface area contributed by atoms with E-state index in [0.717, 1.165) is 43.2 Å². The normalized spacial score (nSPS) is 11.6. The molecule has 5 nitrogen and oxygen atoms in total. The molecule has 0 saturated carbocycles. The number of thiazole rings is 1. The van der Waals surface area contributed by atoms with Crippen LogP contribution < -0.4 is 9.46 Å². The predicted molar refractivity (Wildman–Crippen MR) is 123 cm³/mol. The van der Waals surface area contributed by atoms with Crippen LogP contribution in [0.15, 0.2) is 59.5 Å². The van der Waals surface area contributed by atoms with Crippen molar-refractivity contribution in [3.05, 3.63) is 71.3 Å². The van der Waals surface area contributed by atoms with Gasteiger partial charge in [0.15, 0.2) is 0 Å². The molecule has 0 unspecified atom stereocenters. The van der Waals surface area contributed by atoms with Gasteiger partial charge in [0, 0.05) is 5.56 Å². The van der Waals surface area contributed by atoms with E-state index in [4.69, 9.17) is 9.72 Å². The molecule has 7 heteroatoms. The molecule has 0 amide bonds. The van der Waals surface area contributed by atoms with Crippen molar-refractivity contribution in [2.45, 2.75) is 25.7 Å². The highest BCUT2D eigenvalue weighted by atomic mass is 32.2. The Bertz CT molecular complexity index is 1340. The molecule has 1 N–H and O–H groups in total. The highest BCUT2D eigenvalue weighted by Gasteiger charge is 2.17. The van der Waals surface area contributed by atoms with E-state index >= 15 is 0 Å². The first-order chi connectivity index (χ1) is 14.2. The van der Waals surface area contributed by atoms with Crippen LogP contribution in [0.3, 0.4) is 0 Å². The van der Waals surface area contributed by atoms with Crippen molar-refractivity contribution < 1.29 is 13.2 Å². The summed E-state index contributed by atoms with van der Waals surface area (Å²) in [6.45, 7) is 5.67. The number of ether oxygens (including phenoxy) is 1. The molecule has 0 bridgehead atoms. The number of hydrogen-bond donors (Lipinski definition) is 1. The summed E-state index contributed by atoms with van der Waals surface area (Å²) in [5.74, 6) is 0.796. The Morgan fingerprint density at radius 1 is 0.933 bits per heavy atom. The molecule has 0 aliphatic heterocycles. The lowest BCUT2D eigenvalue weighted by Crippen LogP contribution is -2.14. The number of benzene rings is 3. The number of rotatable bonds is 5. The first-order valence-electron chi connectivity index (χ1n) is 9.42. The average Bonchev–Trinajstić information content (AvgIpc) is 3.12. The molecule has 3 aromatic carbocycles. The Morgan fingerprint density at radius 3 is 2.33 bits per heavy atom. The molecule has 0 radical (unpaired) electrons. The molecule has 1 heterocycles. The van der Waals surface area contributed by atoms with Gasteiger partial charge in [0.05, 0.1) is 27.9 Å². The number of hydrogen-bond acceptors (Lipinski definition) is 5. The summed E-state index contributed by atoms with van der Waals surface area (Å²) < 4.78 is 34.8. The lowest BCUT2D eigenvalue weighted by molar-refractivity contribution is 0.415. The first kappa shape index (κ1) is 20.4. The second kappa shape index (κ2) is 7.74. The van der Waals surface area contributed by atoms with Crippen LogP contribution in [0.25, 0.3) is 20.8 Å². The van der Waals surface area contributed by atoms with Crippen LogP contribution >= 0.6 is 11.3 Å². The van der Waals surface area contributed by atoms with Crippen molar-refractivity contribution in [1.29, 1.82) is 0 Å². The van der Waals surface area contributed by atoms with E-state index in [0.29, 0.717) is 5.69 Å². The van der Waals surface area contributed by atoms with Gasteiger partial charge >= 0.3 is 0 Å². The largest absolute Gasteiger partial charge is 0.497 e. The Kier molecular flexibility index (Phi) is 5.26. The van der Waals surface area contributed by atoms with Gasteiger partial charge in [-0.1, -0.05) is 6.07 Å². The average molecular weight is 439 g/mol. The maximum absolute atomic E-state index is 12.9. The zero-order valence-electron chi connectivity index (χ0n) is 17.2. The van der Waals surface area contributed by atoms with Gasteiger partial charge in [-0.15, -0.1) is 11.3 Å². The van der Waals surface area contributed by atoms with Crippen molar-refractivity contribution >= 4 is 37.3 Å². The SMILES string of the molecule is COc1ccc2nc(-c3ccc(NS(=O)(=O)c4cc(C)cc(C)c4)c(C)c3)sc2c1. The Hall–Kier alpha value is -2.90. The smallest absolute Gasteiger partial charge is 0.261 e. The van der Waals surface area contributed by atoms with Gasteiger partial charge in [-0.25, -0.2) is 13.4 Å². The summed E-state index contributed by atoms with van der Waals surface area (Å²) in [5, 5.41) is 0.880. The van der Waals surface area contributed by atoms with E-state index in [1.165, 1.54) is 0 Å². The maximum atomic E-state index is 12.9. The zero-order chi connectivity index (χ0) is 21.5. The Balaban J connectivity index is 1.65. The van der Waals surface area contributed by atoms with Crippen LogP contribution in [0, 0.1) is 20.8 Å². The van der Waals surface area contributed by atoms with Crippen LogP contribution in [0.2, 0.25) is 0 Å². The highest BCUT2D eigenvalue weighted by molar-refractivity contribution is 7.92. The zero-order valence-corrected chi connectivity index (χ0v) is 18.8. The molecule has 1 aromatic heterocycles. The lowest BCUT2D eigenvalue weighted by Gasteiger charge is -2.12. The van der Waals surface area contributed by atoms with Crippen molar-refractivity contribution in [3.8, 4) is 16.3 Å². The van der Waals surface area contributed by atoms with Gasteiger partial charge in [-0.05, 0) is 86.0 Å². The fraction of sp³-hybridized carbons (Fsp3) is 0.174. The van der Waals surface area contributed by atoms with Gasteiger partial charge in [-0.3, -0.25) is 4.72 Å². The summed E-state index contributed by atoms with van der Waals surface area (Å²) in [5.41, 5.74) is 5.07. The van der Waals surface area contributed by atoms with E-state index in [-0.39, 0.29) is 4.90 Å². The molecular formula is C23H22N2O3S2. The van der Waals surface area contributed by atoms with Crippen LogP contribution in [0.4, 0.5) is 5.69 Å². The third kappa shape index (κ3) is 4.04. The number of nitrogens with one attached hydrogen (secondary N) is 1. The topological polar surface area (TPSA) is 68.3 Å². The number of nitrogens with zero attached hydrogens (tertiary/aromatic N) is 1. The van der Waals surface area contributed by atoms with E-state index < -0.39 is 10.0 Å². The Labute approximate surface area is 180 Å². The fourth-order valence-electron chi connectivity index (χ4n) is 3.36. The third-order valence-electron chi connectivity index (χ3n) is 4.82. The van der Waals surface area contributed by atoms with E-state index in [9.17, 15) is 8.42 Å². The minimum atomic E-state index is -3.66. The van der Waals surface area contributed by atoms with Gasteiger partial charge in [0.2, 0.25) is 0 Å². The predicted octanol–water partition coefficient (Wildman–Crippen LogP) is 5.70. The first-order valence-corrected chi connectivity index (χ1v) is 11.7. The molecule has 0 atom stereocenters. The van der Waals surface area contributed by atoms with Gasteiger partial charge in [-0.2, -0.15) is 0 Å².